The van der Waals surface area contributed by atoms with Gasteiger partial charge in [0.05, 0.1) is 18.7 Å². The van der Waals surface area contributed by atoms with Crippen LogP contribution in [-0.2, 0) is 20.7 Å². The van der Waals surface area contributed by atoms with Crippen LogP contribution in [0.25, 0.3) is 0 Å². The molecule has 5 nitrogen and oxygen atoms in total. The fraction of sp³-hybridized carbons (Fsp3) is 0.308. The van der Waals surface area contributed by atoms with Crippen molar-refractivity contribution < 1.29 is 14.3 Å². The Morgan fingerprint density at radius 3 is 2.44 bits per heavy atom. The lowest BCUT2D eigenvalue weighted by Crippen LogP contribution is -2.41. The van der Waals surface area contributed by atoms with Crippen molar-refractivity contribution in [3.8, 4) is 6.07 Å². The summed E-state index contributed by atoms with van der Waals surface area (Å²) in [6.45, 7) is 1.34. The predicted octanol–water partition coefficient (Wildman–Crippen LogP) is 0.778. The Morgan fingerprint density at radius 2 is 2.00 bits per heavy atom. The standard InChI is InChI=1S/C13H14N2O3/c1-9(16)15-12(13(17)18-2)7-10-3-5-11(8-14)6-4-10/h3-6,12H,7H2,1-2H3,(H,15,16). The molecule has 0 aliphatic rings. The van der Waals surface area contributed by atoms with Crippen LogP contribution in [0.4, 0.5) is 0 Å². The van der Waals surface area contributed by atoms with E-state index in [9.17, 15) is 9.59 Å². The number of ether oxygens (including phenoxy) is 1. The van der Waals surface area contributed by atoms with Crippen LogP contribution in [0.5, 0.6) is 0 Å². The topological polar surface area (TPSA) is 79.2 Å². The summed E-state index contributed by atoms with van der Waals surface area (Å²) in [6.07, 6.45) is 0.331. The maximum atomic E-state index is 11.5. The van der Waals surface area contributed by atoms with E-state index in [-0.39, 0.29) is 5.91 Å². The SMILES string of the molecule is COC(=O)C(Cc1ccc(C#N)cc1)NC(C)=O. The van der Waals surface area contributed by atoms with Crippen molar-refractivity contribution in [1.29, 1.82) is 5.26 Å². The van der Waals surface area contributed by atoms with Gasteiger partial charge in [-0.25, -0.2) is 4.79 Å². The molecule has 0 aliphatic heterocycles. The number of nitriles is 1. The van der Waals surface area contributed by atoms with Crippen molar-refractivity contribution in [2.24, 2.45) is 0 Å². The molecule has 1 aromatic rings. The van der Waals surface area contributed by atoms with E-state index in [0.29, 0.717) is 12.0 Å². The lowest BCUT2D eigenvalue weighted by Gasteiger charge is -2.15. The van der Waals surface area contributed by atoms with Gasteiger partial charge in [-0.3, -0.25) is 4.79 Å². The smallest absolute Gasteiger partial charge is 0.328 e. The number of esters is 1. The van der Waals surface area contributed by atoms with Crippen molar-refractivity contribution >= 4 is 11.9 Å². The summed E-state index contributed by atoms with van der Waals surface area (Å²) in [6, 6.07) is 8.13. The monoisotopic (exact) mass is 246 g/mol. The van der Waals surface area contributed by atoms with E-state index in [2.05, 4.69) is 10.1 Å². The molecule has 0 saturated carbocycles. The number of hydrogen-bond donors (Lipinski definition) is 1. The first-order valence-electron chi connectivity index (χ1n) is 5.40. The third-order valence-corrected chi connectivity index (χ3v) is 2.39. The fourth-order valence-corrected chi connectivity index (χ4v) is 1.53. The molecule has 1 rings (SSSR count). The van der Waals surface area contributed by atoms with Crippen molar-refractivity contribution in [2.75, 3.05) is 7.11 Å². The molecule has 0 fully saturated rings. The summed E-state index contributed by atoms with van der Waals surface area (Å²) in [5.41, 5.74) is 1.39. The van der Waals surface area contributed by atoms with Gasteiger partial charge in [0.1, 0.15) is 6.04 Å². The molecule has 1 unspecified atom stereocenters. The maximum absolute atomic E-state index is 11.5. The van der Waals surface area contributed by atoms with Gasteiger partial charge in [-0.2, -0.15) is 5.26 Å². The van der Waals surface area contributed by atoms with E-state index in [1.807, 2.05) is 6.07 Å². The first kappa shape index (κ1) is 13.7. The number of amides is 1. The Balaban J connectivity index is 2.78. The summed E-state index contributed by atoms with van der Waals surface area (Å²) in [5.74, 6) is -0.784. The Bertz CT molecular complexity index is 474. The first-order chi connectivity index (χ1) is 8.56. The Labute approximate surface area is 105 Å². The first-order valence-corrected chi connectivity index (χ1v) is 5.40. The molecule has 1 N–H and O–H groups in total. The Kier molecular flexibility index (Phi) is 4.88. The van der Waals surface area contributed by atoms with Gasteiger partial charge in [0.15, 0.2) is 0 Å². The zero-order chi connectivity index (χ0) is 13.5. The molecule has 0 aliphatic carbocycles. The number of nitrogens with one attached hydrogen (secondary N) is 1. The van der Waals surface area contributed by atoms with Crippen LogP contribution >= 0.6 is 0 Å². The van der Waals surface area contributed by atoms with Crippen LogP contribution in [0.15, 0.2) is 24.3 Å². The van der Waals surface area contributed by atoms with Crippen LogP contribution in [0, 0.1) is 11.3 Å². The van der Waals surface area contributed by atoms with Gasteiger partial charge in [-0.05, 0) is 17.7 Å². The van der Waals surface area contributed by atoms with Crippen LogP contribution in [-0.4, -0.2) is 25.0 Å². The number of nitrogens with zero attached hydrogens (tertiary/aromatic N) is 1. The van der Waals surface area contributed by atoms with Gasteiger partial charge in [-0.15, -0.1) is 0 Å². The van der Waals surface area contributed by atoms with Gasteiger partial charge in [0, 0.05) is 13.3 Å². The molecule has 0 bridgehead atoms. The number of rotatable bonds is 4. The highest BCUT2D eigenvalue weighted by Gasteiger charge is 2.20. The largest absolute Gasteiger partial charge is 0.467 e. The molecule has 0 saturated heterocycles. The van der Waals surface area contributed by atoms with Crippen molar-refractivity contribution in [3.63, 3.8) is 0 Å². The molecule has 1 atom stereocenters. The van der Waals surface area contributed by atoms with E-state index in [0.717, 1.165) is 5.56 Å². The highest BCUT2D eigenvalue weighted by atomic mass is 16.5. The summed E-state index contributed by atoms with van der Waals surface area (Å²) in [5, 5.41) is 11.2. The minimum absolute atomic E-state index is 0.293. The number of carbonyl (C=O) groups excluding carboxylic acids is 2. The van der Waals surface area contributed by atoms with E-state index in [1.165, 1.54) is 14.0 Å². The quantitative estimate of drug-likeness (QED) is 0.796. The number of hydrogen-bond acceptors (Lipinski definition) is 4. The lowest BCUT2D eigenvalue weighted by molar-refractivity contribution is -0.144. The highest BCUT2D eigenvalue weighted by molar-refractivity contribution is 5.83. The number of carbonyl (C=O) groups is 2. The zero-order valence-electron chi connectivity index (χ0n) is 10.3. The van der Waals surface area contributed by atoms with Crippen LogP contribution in [0.3, 0.4) is 0 Å². The van der Waals surface area contributed by atoms with Gasteiger partial charge >= 0.3 is 5.97 Å². The highest BCUT2D eigenvalue weighted by Crippen LogP contribution is 2.07. The van der Waals surface area contributed by atoms with E-state index < -0.39 is 12.0 Å². The molecule has 1 amide bonds. The van der Waals surface area contributed by atoms with Gasteiger partial charge in [-0.1, -0.05) is 12.1 Å². The van der Waals surface area contributed by atoms with Crippen LogP contribution < -0.4 is 5.32 Å². The minimum atomic E-state index is -0.708. The predicted molar refractivity (Wildman–Crippen MR) is 64.5 cm³/mol. The molecule has 1 aromatic carbocycles. The average molecular weight is 246 g/mol. The lowest BCUT2D eigenvalue weighted by atomic mass is 10.0. The maximum Gasteiger partial charge on any atom is 0.328 e. The third-order valence-electron chi connectivity index (χ3n) is 2.39. The Hall–Kier alpha value is -2.35. The molecule has 94 valence electrons. The summed E-state index contributed by atoms with van der Waals surface area (Å²) < 4.78 is 4.62. The van der Waals surface area contributed by atoms with E-state index in [1.54, 1.807) is 24.3 Å². The van der Waals surface area contributed by atoms with Crippen molar-refractivity contribution in [1.82, 2.24) is 5.32 Å². The average Bonchev–Trinajstić information content (AvgIpc) is 2.37. The van der Waals surface area contributed by atoms with Crippen LogP contribution in [0.1, 0.15) is 18.1 Å². The molecule has 0 heterocycles. The number of methoxy groups -OCH3 is 1. The van der Waals surface area contributed by atoms with E-state index in [4.69, 9.17) is 5.26 Å². The van der Waals surface area contributed by atoms with Crippen LogP contribution in [0.2, 0.25) is 0 Å². The minimum Gasteiger partial charge on any atom is -0.467 e. The summed E-state index contributed by atoms with van der Waals surface area (Å²) >= 11 is 0. The fourth-order valence-electron chi connectivity index (χ4n) is 1.53. The van der Waals surface area contributed by atoms with Crippen molar-refractivity contribution in [3.05, 3.63) is 35.4 Å². The second-order valence-electron chi connectivity index (χ2n) is 3.79. The van der Waals surface area contributed by atoms with E-state index >= 15 is 0 Å². The molecular weight excluding hydrogens is 232 g/mol. The number of benzene rings is 1. The summed E-state index contributed by atoms with van der Waals surface area (Å²) in [7, 11) is 1.27. The normalized spacial score (nSPS) is 11.2. The Morgan fingerprint density at radius 1 is 1.39 bits per heavy atom. The zero-order valence-corrected chi connectivity index (χ0v) is 10.3. The van der Waals surface area contributed by atoms with Gasteiger partial charge in [0.2, 0.25) is 5.91 Å². The molecule has 5 heteroatoms. The molecule has 0 radical (unpaired) electrons. The second kappa shape index (κ2) is 6.40. The molecule has 0 spiro atoms. The molecule has 0 aromatic heterocycles. The third kappa shape index (κ3) is 3.91. The van der Waals surface area contributed by atoms with Gasteiger partial charge < -0.3 is 10.1 Å². The second-order valence-corrected chi connectivity index (χ2v) is 3.79. The summed E-state index contributed by atoms with van der Waals surface area (Å²) in [4.78, 5) is 22.5. The molecule has 18 heavy (non-hydrogen) atoms. The van der Waals surface area contributed by atoms with Gasteiger partial charge in [0.25, 0.3) is 0 Å². The van der Waals surface area contributed by atoms with Crippen molar-refractivity contribution in [2.45, 2.75) is 19.4 Å². The molecular formula is C13H14N2O3.